The predicted octanol–water partition coefficient (Wildman–Crippen LogP) is -1.22. The van der Waals surface area contributed by atoms with Gasteiger partial charge in [0.2, 0.25) is 5.78 Å². The summed E-state index contributed by atoms with van der Waals surface area (Å²) in [5.41, 5.74) is 1.09. The maximum absolute atomic E-state index is 12.0. The Morgan fingerprint density at radius 2 is 2.05 bits per heavy atom. The van der Waals surface area contributed by atoms with Crippen LogP contribution in [0.1, 0.15) is 15.9 Å². The Kier molecular flexibility index (Phi) is 5.43. The van der Waals surface area contributed by atoms with E-state index >= 15 is 0 Å². The lowest BCUT2D eigenvalue weighted by Crippen LogP contribution is -3.00. The van der Waals surface area contributed by atoms with Gasteiger partial charge in [0.1, 0.15) is 11.2 Å². The number of halogens is 2. The molecule has 1 aromatic heterocycles. The summed E-state index contributed by atoms with van der Waals surface area (Å²) in [6.45, 7) is 0.166. The number of carbonyl (C=O) groups excluding carboxylic acids is 1. The molecule has 0 saturated heterocycles. The summed E-state index contributed by atoms with van der Waals surface area (Å²) in [6.07, 6.45) is 4.67. The number of aromatic nitrogens is 2. The third-order valence-corrected chi connectivity index (χ3v) is 2.56. The highest BCUT2D eigenvalue weighted by Crippen LogP contribution is 2.05. The largest absolute Gasteiger partial charge is 1.00 e. The van der Waals surface area contributed by atoms with E-state index in [1.165, 1.54) is 12.5 Å². The SMILES string of the molecule is N#Cc1ccc(C(=O)C[n+]2cncc(Cl)c2)cc1.[Cl-]. The van der Waals surface area contributed by atoms with Gasteiger partial charge < -0.3 is 12.4 Å². The first kappa shape index (κ1) is 15.1. The zero-order valence-corrected chi connectivity index (χ0v) is 11.3. The summed E-state index contributed by atoms with van der Waals surface area (Å²) in [4.78, 5) is 15.8. The van der Waals surface area contributed by atoms with E-state index in [0.29, 0.717) is 16.1 Å². The molecule has 19 heavy (non-hydrogen) atoms. The van der Waals surface area contributed by atoms with Crippen LogP contribution in [-0.2, 0) is 6.54 Å². The highest BCUT2D eigenvalue weighted by Gasteiger charge is 2.10. The van der Waals surface area contributed by atoms with Crippen molar-refractivity contribution in [1.82, 2.24) is 4.98 Å². The lowest BCUT2D eigenvalue weighted by Gasteiger charge is -2.00. The third-order valence-electron chi connectivity index (χ3n) is 2.36. The van der Waals surface area contributed by atoms with E-state index in [2.05, 4.69) is 4.98 Å². The van der Waals surface area contributed by atoms with Crippen LogP contribution in [-0.4, -0.2) is 10.8 Å². The minimum absolute atomic E-state index is 0. The molecule has 0 amide bonds. The first-order valence-electron chi connectivity index (χ1n) is 5.22. The average molecular weight is 294 g/mol. The summed E-state index contributed by atoms with van der Waals surface area (Å²) in [6, 6.07) is 8.52. The molecule has 0 N–H and O–H groups in total. The highest BCUT2D eigenvalue weighted by molar-refractivity contribution is 6.30. The van der Waals surface area contributed by atoms with Gasteiger partial charge >= 0.3 is 0 Å². The van der Waals surface area contributed by atoms with Crippen LogP contribution in [0.2, 0.25) is 5.02 Å². The lowest BCUT2D eigenvalue weighted by atomic mass is 10.1. The zero-order valence-electron chi connectivity index (χ0n) is 9.75. The van der Waals surface area contributed by atoms with Crippen LogP contribution in [0.15, 0.2) is 43.0 Å². The van der Waals surface area contributed by atoms with Gasteiger partial charge in [0, 0.05) is 5.56 Å². The number of nitriles is 1. The molecule has 0 unspecified atom stereocenters. The minimum atomic E-state index is -0.0615. The summed E-state index contributed by atoms with van der Waals surface area (Å²) in [5.74, 6) is -0.0615. The quantitative estimate of drug-likeness (QED) is 0.527. The van der Waals surface area contributed by atoms with Gasteiger partial charge in [-0.1, -0.05) is 16.6 Å². The fourth-order valence-corrected chi connectivity index (χ4v) is 1.67. The summed E-state index contributed by atoms with van der Waals surface area (Å²) >= 11 is 5.78. The van der Waals surface area contributed by atoms with Gasteiger partial charge in [-0.2, -0.15) is 5.26 Å². The molecule has 96 valence electrons. The molecule has 0 bridgehead atoms. The Labute approximate surface area is 121 Å². The van der Waals surface area contributed by atoms with Crippen LogP contribution >= 0.6 is 11.6 Å². The number of Topliss-reactive ketones (excluding diaryl/α,β-unsaturated/α-hetero) is 1. The Balaban J connectivity index is 0.00000180. The topological polar surface area (TPSA) is 57.6 Å². The number of hydrogen-bond acceptors (Lipinski definition) is 3. The van der Waals surface area contributed by atoms with Crippen molar-refractivity contribution in [3.05, 3.63) is 59.1 Å². The second-order valence-corrected chi connectivity index (χ2v) is 4.13. The predicted molar refractivity (Wildman–Crippen MR) is 64.9 cm³/mol. The molecule has 0 aliphatic carbocycles. The van der Waals surface area contributed by atoms with E-state index in [9.17, 15) is 4.79 Å². The molecule has 1 aromatic carbocycles. The van der Waals surface area contributed by atoms with Gasteiger partial charge in [0.05, 0.1) is 11.6 Å². The van der Waals surface area contributed by atoms with E-state index in [1.807, 2.05) is 6.07 Å². The van der Waals surface area contributed by atoms with E-state index in [0.717, 1.165) is 0 Å². The van der Waals surface area contributed by atoms with Crippen LogP contribution in [0.4, 0.5) is 0 Å². The van der Waals surface area contributed by atoms with Crippen molar-refractivity contribution in [1.29, 1.82) is 5.26 Å². The minimum Gasteiger partial charge on any atom is -1.00 e. The fraction of sp³-hybridized carbons (Fsp3) is 0.0769. The normalized spacial score (nSPS) is 9.26. The van der Waals surface area contributed by atoms with E-state index < -0.39 is 0 Å². The Morgan fingerprint density at radius 3 is 2.63 bits per heavy atom. The van der Waals surface area contributed by atoms with Crippen LogP contribution in [0.3, 0.4) is 0 Å². The Bertz CT molecular complexity index is 621. The molecular formula is C13H9Cl2N3O. The summed E-state index contributed by atoms with van der Waals surface area (Å²) in [7, 11) is 0. The van der Waals surface area contributed by atoms with Gasteiger partial charge in [0.25, 0.3) is 6.33 Å². The van der Waals surface area contributed by atoms with Crippen molar-refractivity contribution in [3.63, 3.8) is 0 Å². The molecule has 6 heteroatoms. The third kappa shape index (κ3) is 4.02. The van der Waals surface area contributed by atoms with Crippen LogP contribution in [0.5, 0.6) is 0 Å². The molecule has 0 fully saturated rings. The fourth-order valence-electron chi connectivity index (χ4n) is 1.49. The Morgan fingerprint density at radius 1 is 1.37 bits per heavy atom. The summed E-state index contributed by atoms with van der Waals surface area (Å²) in [5, 5.41) is 9.15. The number of nitrogens with zero attached hydrogens (tertiary/aromatic N) is 3. The van der Waals surface area contributed by atoms with Crippen LogP contribution in [0.25, 0.3) is 0 Å². The molecule has 2 aromatic rings. The van der Waals surface area contributed by atoms with Crippen molar-refractivity contribution in [2.45, 2.75) is 6.54 Å². The van der Waals surface area contributed by atoms with Crippen LogP contribution in [0, 0.1) is 11.3 Å². The van der Waals surface area contributed by atoms with E-state index in [1.54, 1.807) is 35.0 Å². The molecule has 1 heterocycles. The highest BCUT2D eigenvalue weighted by atomic mass is 35.5. The second kappa shape index (κ2) is 6.83. The average Bonchev–Trinajstić information content (AvgIpc) is 2.39. The summed E-state index contributed by atoms with van der Waals surface area (Å²) < 4.78 is 1.61. The standard InChI is InChI=1S/C13H9ClN3O.ClH/c14-12-6-16-9-17(7-12)8-13(18)11-3-1-10(5-15)2-4-11;/h1-4,6-7,9H,8H2;1H/q+1;/p-1. The molecule has 0 saturated carbocycles. The first-order valence-corrected chi connectivity index (χ1v) is 5.60. The maximum atomic E-state index is 12.0. The smallest absolute Gasteiger partial charge is 0.286 e. The Hall–Kier alpha value is -1.96. The number of carbonyl (C=O) groups is 1. The van der Waals surface area contributed by atoms with Crippen molar-refractivity contribution in [3.8, 4) is 6.07 Å². The van der Waals surface area contributed by atoms with Crippen molar-refractivity contribution < 1.29 is 21.8 Å². The second-order valence-electron chi connectivity index (χ2n) is 3.69. The molecule has 4 nitrogen and oxygen atoms in total. The van der Waals surface area contributed by atoms with Gasteiger partial charge in [-0.25, -0.2) is 4.57 Å². The number of ketones is 1. The number of benzene rings is 1. The molecule has 0 radical (unpaired) electrons. The molecule has 0 spiro atoms. The van der Waals surface area contributed by atoms with E-state index in [-0.39, 0.29) is 24.7 Å². The van der Waals surface area contributed by atoms with E-state index in [4.69, 9.17) is 16.9 Å². The molecular weight excluding hydrogens is 285 g/mol. The van der Waals surface area contributed by atoms with Gasteiger partial charge in [0.15, 0.2) is 12.7 Å². The molecule has 2 rings (SSSR count). The van der Waals surface area contributed by atoms with Crippen molar-refractivity contribution in [2.75, 3.05) is 0 Å². The van der Waals surface area contributed by atoms with Crippen LogP contribution < -0.4 is 17.0 Å². The van der Waals surface area contributed by atoms with Gasteiger partial charge in [-0.05, 0) is 24.3 Å². The molecule has 0 aliphatic heterocycles. The molecule has 0 atom stereocenters. The first-order chi connectivity index (χ1) is 8.69. The lowest BCUT2D eigenvalue weighted by molar-refractivity contribution is -0.686. The monoisotopic (exact) mass is 293 g/mol. The number of rotatable bonds is 3. The number of hydrogen-bond donors (Lipinski definition) is 0. The van der Waals surface area contributed by atoms with Crippen molar-refractivity contribution in [2.24, 2.45) is 0 Å². The van der Waals surface area contributed by atoms with Gasteiger partial charge in [-0.3, -0.25) is 4.79 Å². The maximum Gasteiger partial charge on any atom is 0.286 e. The van der Waals surface area contributed by atoms with Crippen molar-refractivity contribution >= 4 is 17.4 Å². The molecule has 0 aliphatic rings. The van der Waals surface area contributed by atoms with Gasteiger partial charge in [-0.15, -0.1) is 0 Å². The zero-order chi connectivity index (χ0) is 13.0.